The van der Waals surface area contributed by atoms with Crippen molar-refractivity contribution in [2.45, 2.75) is 52.3 Å². The lowest BCUT2D eigenvalue weighted by molar-refractivity contribution is -0.158. The van der Waals surface area contributed by atoms with Crippen molar-refractivity contribution in [3.05, 3.63) is 35.1 Å². The predicted molar refractivity (Wildman–Crippen MR) is 106 cm³/mol. The van der Waals surface area contributed by atoms with E-state index in [1.165, 1.54) is 15.9 Å². The number of benzene rings is 1. The number of hydrogen-bond acceptors (Lipinski definition) is 6. The van der Waals surface area contributed by atoms with Crippen molar-refractivity contribution in [2.24, 2.45) is 5.41 Å². The Labute approximate surface area is 174 Å². The van der Waals surface area contributed by atoms with Gasteiger partial charge in [-0.05, 0) is 47.4 Å². The van der Waals surface area contributed by atoms with Crippen molar-refractivity contribution in [1.82, 2.24) is 30.4 Å². The lowest BCUT2D eigenvalue weighted by atomic mass is 9.86. The molecule has 0 bridgehead atoms. The second kappa shape index (κ2) is 8.08. The van der Waals surface area contributed by atoms with Crippen molar-refractivity contribution in [3.63, 3.8) is 0 Å². The minimum atomic E-state index is -1.16. The number of amides is 2. The van der Waals surface area contributed by atoms with Crippen LogP contribution in [0.25, 0.3) is 5.69 Å². The standard InChI is InChI=1S/C19H25ClN6O3/c1-11(13-9-12(20)5-6-14(13)26-10-21-23-24-26)22-17(28)15-7-8-25(15)18(29)16(27)19(2,3)4/h5-6,9-11,15-16,27H,7-8H2,1-4H3,(H,22,28)/t11?,15-,16?/m0/s1. The molecule has 29 heavy (non-hydrogen) atoms. The Bertz CT molecular complexity index is 896. The van der Waals surface area contributed by atoms with Crippen LogP contribution in [0.15, 0.2) is 24.5 Å². The summed E-state index contributed by atoms with van der Waals surface area (Å²) in [6.07, 6.45) is 0.854. The molecule has 0 aliphatic carbocycles. The van der Waals surface area contributed by atoms with E-state index in [1.54, 1.807) is 39.0 Å². The Hall–Kier alpha value is -2.52. The van der Waals surface area contributed by atoms with Gasteiger partial charge >= 0.3 is 0 Å². The van der Waals surface area contributed by atoms with Gasteiger partial charge in [-0.15, -0.1) is 5.10 Å². The van der Waals surface area contributed by atoms with Gasteiger partial charge in [0.1, 0.15) is 18.5 Å². The number of hydrogen-bond donors (Lipinski definition) is 2. The molecular weight excluding hydrogens is 396 g/mol. The average molecular weight is 421 g/mol. The molecule has 1 aromatic carbocycles. The van der Waals surface area contributed by atoms with Crippen LogP contribution in [0, 0.1) is 5.41 Å². The van der Waals surface area contributed by atoms with Gasteiger partial charge in [-0.2, -0.15) is 0 Å². The number of aliphatic hydroxyl groups is 1. The molecule has 2 amide bonds. The maximum absolute atomic E-state index is 12.8. The van der Waals surface area contributed by atoms with Crippen LogP contribution in [-0.2, 0) is 9.59 Å². The van der Waals surface area contributed by atoms with Crippen LogP contribution in [0.4, 0.5) is 0 Å². The van der Waals surface area contributed by atoms with E-state index in [0.717, 1.165) is 5.56 Å². The maximum Gasteiger partial charge on any atom is 0.252 e. The van der Waals surface area contributed by atoms with Crippen LogP contribution in [0.1, 0.15) is 45.7 Å². The van der Waals surface area contributed by atoms with Crippen molar-refractivity contribution in [1.29, 1.82) is 0 Å². The molecular formula is C19H25ClN6O3. The van der Waals surface area contributed by atoms with Gasteiger partial charge in [0.05, 0.1) is 11.7 Å². The van der Waals surface area contributed by atoms with Crippen LogP contribution < -0.4 is 5.32 Å². The first-order valence-electron chi connectivity index (χ1n) is 9.41. The molecule has 10 heteroatoms. The highest BCUT2D eigenvalue weighted by atomic mass is 35.5. The normalized spacial score (nSPS) is 18.7. The molecule has 1 aliphatic heterocycles. The third kappa shape index (κ3) is 4.40. The number of halogens is 1. The smallest absolute Gasteiger partial charge is 0.252 e. The molecule has 156 valence electrons. The van der Waals surface area contributed by atoms with Gasteiger partial charge in [0.25, 0.3) is 5.91 Å². The highest BCUT2D eigenvalue weighted by Crippen LogP contribution is 2.28. The van der Waals surface area contributed by atoms with E-state index in [0.29, 0.717) is 23.7 Å². The summed E-state index contributed by atoms with van der Waals surface area (Å²) in [6.45, 7) is 7.63. The summed E-state index contributed by atoms with van der Waals surface area (Å²) in [7, 11) is 0. The fourth-order valence-corrected chi connectivity index (χ4v) is 3.37. The Morgan fingerprint density at radius 1 is 1.34 bits per heavy atom. The first-order chi connectivity index (χ1) is 13.6. The van der Waals surface area contributed by atoms with Gasteiger partial charge in [-0.1, -0.05) is 32.4 Å². The number of nitrogens with zero attached hydrogens (tertiary/aromatic N) is 5. The van der Waals surface area contributed by atoms with Crippen LogP contribution in [0.3, 0.4) is 0 Å². The molecule has 3 rings (SSSR count). The van der Waals surface area contributed by atoms with Gasteiger partial charge in [-0.25, -0.2) is 4.68 Å². The molecule has 2 aromatic rings. The molecule has 3 atom stereocenters. The summed E-state index contributed by atoms with van der Waals surface area (Å²) in [5, 5.41) is 24.9. The number of carbonyl (C=O) groups is 2. The van der Waals surface area contributed by atoms with Crippen LogP contribution in [0.5, 0.6) is 0 Å². The van der Waals surface area contributed by atoms with E-state index in [-0.39, 0.29) is 5.91 Å². The fraction of sp³-hybridized carbons (Fsp3) is 0.526. The zero-order valence-electron chi connectivity index (χ0n) is 16.8. The summed E-state index contributed by atoms with van der Waals surface area (Å²) in [6, 6.07) is 4.24. The molecule has 9 nitrogen and oxygen atoms in total. The minimum Gasteiger partial charge on any atom is -0.383 e. The minimum absolute atomic E-state index is 0.277. The van der Waals surface area contributed by atoms with Gasteiger partial charge in [0.15, 0.2) is 0 Å². The molecule has 2 N–H and O–H groups in total. The number of likely N-dealkylation sites (tertiary alicyclic amines) is 1. The molecule has 1 saturated heterocycles. The molecule has 0 spiro atoms. The first kappa shape index (κ1) is 21.2. The maximum atomic E-state index is 12.8. The molecule has 1 fully saturated rings. The third-order valence-corrected chi connectivity index (χ3v) is 5.31. The average Bonchev–Trinajstić information content (AvgIpc) is 3.13. The number of aliphatic hydroxyl groups excluding tert-OH is 1. The number of rotatable bonds is 5. The summed E-state index contributed by atoms with van der Waals surface area (Å²) in [5.74, 6) is -0.700. The predicted octanol–water partition coefficient (Wildman–Crippen LogP) is 1.50. The monoisotopic (exact) mass is 420 g/mol. The zero-order valence-corrected chi connectivity index (χ0v) is 17.6. The number of tetrazole rings is 1. The van der Waals surface area contributed by atoms with Crippen molar-refractivity contribution in [3.8, 4) is 5.69 Å². The fourth-order valence-electron chi connectivity index (χ4n) is 3.19. The second-order valence-corrected chi connectivity index (χ2v) is 8.73. The van der Waals surface area contributed by atoms with E-state index in [1.807, 2.05) is 6.92 Å². The topological polar surface area (TPSA) is 113 Å². The highest BCUT2D eigenvalue weighted by molar-refractivity contribution is 6.30. The van der Waals surface area contributed by atoms with Crippen LogP contribution >= 0.6 is 11.6 Å². The highest BCUT2D eigenvalue weighted by Gasteiger charge is 2.43. The summed E-state index contributed by atoms with van der Waals surface area (Å²) in [4.78, 5) is 26.8. The van der Waals surface area contributed by atoms with Crippen molar-refractivity contribution in [2.75, 3.05) is 6.54 Å². The SMILES string of the molecule is CC(NC(=O)[C@@H]1CCN1C(=O)C(O)C(C)(C)C)c1cc(Cl)ccc1-n1cnnn1. The first-order valence-corrected chi connectivity index (χ1v) is 9.79. The Balaban J connectivity index is 1.73. The van der Waals surface area contributed by atoms with E-state index in [2.05, 4.69) is 20.8 Å². The molecule has 1 aromatic heterocycles. The Kier molecular flexibility index (Phi) is 5.90. The van der Waals surface area contributed by atoms with Gasteiger partial charge in [0, 0.05) is 17.1 Å². The molecule has 2 heterocycles. The molecule has 0 saturated carbocycles. The lowest BCUT2D eigenvalue weighted by Gasteiger charge is -2.43. The second-order valence-electron chi connectivity index (χ2n) is 8.29. The molecule has 1 aliphatic rings. The Morgan fingerprint density at radius 2 is 2.07 bits per heavy atom. The van der Waals surface area contributed by atoms with E-state index in [9.17, 15) is 14.7 Å². The molecule has 0 radical (unpaired) electrons. The number of carbonyl (C=O) groups excluding carboxylic acids is 2. The quantitative estimate of drug-likeness (QED) is 0.757. The number of nitrogens with one attached hydrogen (secondary N) is 1. The van der Waals surface area contributed by atoms with E-state index in [4.69, 9.17) is 11.6 Å². The molecule has 2 unspecified atom stereocenters. The summed E-state index contributed by atoms with van der Waals surface area (Å²) in [5.41, 5.74) is 0.838. The Morgan fingerprint density at radius 3 is 2.62 bits per heavy atom. The largest absolute Gasteiger partial charge is 0.383 e. The zero-order chi connectivity index (χ0) is 21.3. The van der Waals surface area contributed by atoms with Gasteiger partial charge in [-0.3, -0.25) is 9.59 Å². The van der Waals surface area contributed by atoms with Gasteiger partial charge in [0.2, 0.25) is 5.91 Å². The third-order valence-electron chi connectivity index (χ3n) is 5.07. The van der Waals surface area contributed by atoms with E-state index < -0.39 is 29.5 Å². The van der Waals surface area contributed by atoms with Crippen molar-refractivity contribution < 1.29 is 14.7 Å². The number of aromatic nitrogens is 4. The summed E-state index contributed by atoms with van der Waals surface area (Å²) < 4.78 is 1.49. The van der Waals surface area contributed by atoms with Gasteiger partial charge < -0.3 is 15.3 Å². The van der Waals surface area contributed by atoms with Crippen LogP contribution in [-0.4, -0.2) is 60.7 Å². The van der Waals surface area contributed by atoms with E-state index >= 15 is 0 Å². The van der Waals surface area contributed by atoms with Crippen LogP contribution in [0.2, 0.25) is 5.02 Å². The van der Waals surface area contributed by atoms with Crippen molar-refractivity contribution >= 4 is 23.4 Å². The summed E-state index contributed by atoms with van der Waals surface area (Å²) >= 11 is 6.15. The lowest BCUT2D eigenvalue weighted by Crippen LogP contribution is -2.61.